The van der Waals surface area contributed by atoms with Crippen LogP contribution in [0.1, 0.15) is 85.6 Å². The molecule has 1 aromatic carbocycles. The maximum Gasteiger partial charge on any atom is 0.258 e. The van der Waals surface area contributed by atoms with Gasteiger partial charge in [-0.25, -0.2) is 0 Å². The number of hydrogen-bond acceptors (Lipinski definition) is 4. The van der Waals surface area contributed by atoms with Gasteiger partial charge >= 0.3 is 0 Å². The Balaban J connectivity index is 1.46. The summed E-state index contributed by atoms with van der Waals surface area (Å²) in [5.74, 6) is 1.99. The van der Waals surface area contributed by atoms with Crippen LogP contribution in [0.4, 0.5) is 0 Å². The van der Waals surface area contributed by atoms with Gasteiger partial charge in [0.15, 0.2) is 18.1 Å². The fourth-order valence-corrected chi connectivity index (χ4v) is 8.08. The van der Waals surface area contributed by atoms with Gasteiger partial charge in [0.2, 0.25) is 0 Å². The largest absolute Gasteiger partial charge is 0.490 e. The molecule has 0 aliphatic heterocycles. The minimum Gasteiger partial charge on any atom is -0.490 e. The second kappa shape index (κ2) is 8.75. The van der Waals surface area contributed by atoms with E-state index < -0.39 is 0 Å². The van der Waals surface area contributed by atoms with Crippen molar-refractivity contribution in [2.75, 3.05) is 13.2 Å². The Hall–Kier alpha value is -1.27. The second-order valence-electron chi connectivity index (χ2n) is 12.7. The zero-order valence-electron chi connectivity index (χ0n) is 21.2. The van der Waals surface area contributed by atoms with E-state index in [1.807, 2.05) is 33.8 Å². The van der Waals surface area contributed by atoms with Crippen molar-refractivity contribution in [2.24, 2.45) is 16.7 Å². The average molecular weight is 522 g/mol. The van der Waals surface area contributed by atoms with E-state index in [1.165, 1.54) is 38.5 Å². The molecule has 5 nitrogen and oxygen atoms in total. The predicted molar refractivity (Wildman–Crippen MR) is 136 cm³/mol. The van der Waals surface area contributed by atoms with Crippen molar-refractivity contribution in [1.82, 2.24) is 10.6 Å². The average Bonchev–Trinajstić information content (AvgIpc) is 2.62. The van der Waals surface area contributed by atoms with Crippen LogP contribution in [-0.4, -0.2) is 30.2 Å². The lowest BCUT2D eigenvalue weighted by molar-refractivity contribution is -0.124. The number of hydrogen-bond donors (Lipinski definition) is 2. The molecule has 0 aromatic heterocycles. The fraction of sp³-hybridized carbons (Fsp3) is 0.741. The van der Waals surface area contributed by atoms with Crippen LogP contribution in [0.25, 0.3) is 0 Å². The summed E-state index contributed by atoms with van der Waals surface area (Å²) in [7, 11) is 0. The first-order valence-corrected chi connectivity index (χ1v) is 13.3. The quantitative estimate of drug-likeness (QED) is 0.442. The minimum atomic E-state index is -0.287. The van der Waals surface area contributed by atoms with Crippen molar-refractivity contribution in [1.29, 1.82) is 0 Å². The molecule has 33 heavy (non-hydrogen) atoms. The maximum atomic E-state index is 12.2. The number of benzene rings is 1. The SMILES string of the molecule is CCOc1cc(CNC23CC4CC(C)(CC(C)(C4)C2)C3)c(Br)cc1OCC(=O)NC(C)(C)C. The summed E-state index contributed by atoms with van der Waals surface area (Å²) in [5, 5.41) is 6.94. The third kappa shape index (κ3) is 5.70. The van der Waals surface area contributed by atoms with E-state index in [-0.39, 0.29) is 23.6 Å². The van der Waals surface area contributed by atoms with Crippen molar-refractivity contribution in [2.45, 2.75) is 97.7 Å². The number of rotatable bonds is 8. The molecule has 4 bridgehead atoms. The monoisotopic (exact) mass is 520 g/mol. The first kappa shape index (κ1) is 24.8. The molecule has 0 radical (unpaired) electrons. The summed E-state index contributed by atoms with van der Waals surface area (Å²) in [4.78, 5) is 12.2. The smallest absolute Gasteiger partial charge is 0.258 e. The highest BCUT2D eigenvalue weighted by Gasteiger charge is 2.59. The lowest BCUT2D eigenvalue weighted by Crippen LogP contribution is -2.63. The Morgan fingerprint density at radius 1 is 1.06 bits per heavy atom. The molecule has 0 spiro atoms. The summed E-state index contributed by atoms with van der Waals surface area (Å²) in [6.45, 7) is 14.2. The van der Waals surface area contributed by atoms with Gasteiger partial charge in [-0.15, -0.1) is 0 Å². The molecule has 6 heteroatoms. The molecule has 4 aliphatic carbocycles. The lowest BCUT2D eigenvalue weighted by Gasteiger charge is -2.65. The standard InChI is InChI=1S/C27H41BrN2O3/c1-7-32-21-8-19(20(28)9-22(21)33-14-23(31)30-24(2,3)4)13-29-27-12-18-10-25(5,16-27)15-26(6,11-18)17-27/h8-9,18,29H,7,10-17H2,1-6H3,(H,30,31). The molecule has 184 valence electrons. The maximum absolute atomic E-state index is 12.2. The summed E-state index contributed by atoms with van der Waals surface area (Å²) in [5.41, 5.74) is 2.09. The van der Waals surface area contributed by atoms with Crippen LogP contribution >= 0.6 is 15.9 Å². The van der Waals surface area contributed by atoms with Crippen molar-refractivity contribution in [3.8, 4) is 11.5 Å². The van der Waals surface area contributed by atoms with Gasteiger partial charge in [-0.05, 0) is 101 Å². The van der Waals surface area contributed by atoms with Gasteiger partial charge in [0.25, 0.3) is 5.91 Å². The molecule has 2 atom stereocenters. The predicted octanol–water partition coefficient (Wildman–Crippen LogP) is 5.98. The normalized spacial score (nSPS) is 32.6. The highest BCUT2D eigenvalue weighted by atomic mass is 79.9. The first-order valence-electron chi connectivity index (χ1n) is 12.5. The van der Waals surface area contributed by atoms with Crippen LogP contribution in [0.5, 0.6) is 11.5 Å². The third-order valence-electron chi connectivity index (χ3n) is 7.57. The second-order valence-corrected chi connectivity index (χ2v) is 13.5. The molecule has 5 rings (SSSR count). The zero-order valence-corrected chi connectivity index (χ0v) is 22.8. The van der Waals surface area contributed by atoms with Gasteiger partial charge in [0.05, 0.1) is 6.61 Å². The van der Waals surface area contributed by atoms with E-state index in [1.54, 1.807) is 0 Å². The van der Waals surface area contributed by atoms with Crippen molar-refractivity contribution in [3.63, 3.8) is 0 Å². The summed E-state index contributed by atoms with van der Waals surface area (Å²) >= 11 is 3.74. The van der Waals surface area contributed by atoms with Gasteiger partial charge in [-0.3, -0.25) is 4.79 Å². The minimum absolute atomic E-state index is 0.0386. The number of ether oxygens (including phenoxy) is 2. The Bertz CT molecular complexity index is 891. The summed E-state index contributed by atoms with van der Waals surface area (Å²) < 4.78 is 12.7. The summed E-state index contributed by atoms with van der Waals surface area (Å²) in [6.07, 6.45) is 8.06. The van der Waals surface area contributed by atoms with Crippen molar-refractivity contribution >= 4 is 21.8 Å². The fourth-order valence-electron chi connectivity index (χ4n) is 7.62. The number of halogens is 1. The molecule has 4 aliphatic rings. The molecule has 2 N–H and O–H groups in total. The van der Waals surface area contributed by atoms with Crippen LogP contribution in [0.15, 0.2) is 16.6 Å². The van der Waals surface area contributed by atoms with Gasteiger partial charge in [0, 0.05) is 22.1 Å². The number of nitrogens with one attached hydrogen (secondary N) is 2. The molecule has 1 aromatic rings. The highest BCUT2D eigenvalue weighted by molar-refractivity contribution is 9.10. The van der Waals surface area contributed by atoms with Crippen LogP contribution < -0.4 is 20.1 Å². The molecule has 4 fully saturated rings. The lowest BCUT2D eigenvalue weighted by atomic mass is 9.43. The van der Waals surface area contributed by atoms with Crippen LogP contribution in [-0.2, 0) is 11.3 Å². The van der Waals surface area contributed by atoms with Gasteiger partial charge < -0.3 is 20.1 Å². The van der Waals surface area contributed by atoms with Gasteiger partial charge in [0.1, 0.15) is 0 Å². The van der Waals surface area contributed by atoms with Gasteiger partial charge in [-0.1, -0.05) is 29.8 Å². The van der Waals surface area contributed by atoms with E-state index >= 15 is 0 Å². The Kier molecular flexibility index (Phi) is 6.58. The van der Waals surface area contributed by atoms with Gasteiger partial charge in [-0.2, -0.15) is 0 Å². The van der Waals surface area contributed by atoms with Crippen molar-refractivity contribution < 1.29 is 14.3 Å². The van der Waals surface area contributed by atoms with E-state index in [4.69, 9.17) is 9.47 Å². The molecule has 0 saturated heterocycles. The van der Waals surface area contributed by atoms with E-state index in [2.05, 4.69) is 46.5 Å². The van der Waals surface area contributed by atoms with E-state index in [9.17, 15) is 4.79 Å². The van der Waals surface area contributed by atoms with E-state index in [0.717, 1.165) is 22.5 Å². The number of carbonyl (C=O) groups is 1. The molecule has 1 amide bonds. The van der Waals surface area contributed by atoms with Crippen LogP contribution in [0.3, 0.4) is 0 Å². The van der Waals surface area contributed by atoms with E-state index in [0.29, 0.717) is 28.9 Å². The Morgan fingerprint density at radius 2 is 1.70 bits per heavy atom. The number of amides is 1. The Morgan fingerprint density at radius 3 is 2.27 bits per heavy atom. The number of carbonyl (C=O) groups excluding carboxylic acids is 1. The Labute approximate surface area is 207 Å². The van der Waals surface area contributed by atoms with Crippen LogP contribution in [0, 0.1) is 16.7 Å². The molecular weight excluding hydrogens is 480 g/mol. The molecule has 0 heterocycles. The van der Waals surface area contributed by atoms with Crippen LogP contribution in [0.2, 0.25) is 0 Å². The molecule has 4 saturated carbocycles. The van der Waals surface area contributed by atoms with Crippen molar-refractivity contribution in [3.05, 3.63) is 22.2 Å². The molecule has 2 unspecified atom stereocenters. The first-order chi connectivity index (χ1) is 15.3. The third-order valence-corrected chi connectivity index (χ3v) is 8.30. The topological polar surface area (TPSA) is 59.6 Å². The zero-order chi connectivity index (χ0) is 24.1. The molecular formula is C27H41BrN2O3. The summed E-state index contributed by atoms with van der Waals surface area (Å²) in [6, 6.07) is 4.00. The highest BCUT2D eigenvalue weighted by Crippen LogP contribution is 2.66.